The smallest absolute Gasteiger partial charge is 0.134 e. The van der Waals surface area contributed by atoms with Crippen molar-refractivity contribution in [1.29, 1.82) is 0 Å². The van der Waals surface area contributed by atoms with Gasteiger partial charge in [0.05, 0.1) is 0 Å². The standard InChI is InChI=1S/C17H14N3S/c1-2-6-16-15(5-1)13(10-19-16)8-14-11-21-17(20-14)12-4-3-7-18-9-12/h1-7,9-11,19,21H,8H2/q-1. The molecular formula is C17H14N3S-. The number of benzene rings is 1. The van der Waals surface area contributed by atoms with Crippen molar-refractivity contribution < 1.29 is 0 Å². The van der Waals surface area contributed by atoms with E-state index in [9.17, 15) is 0 Å². The zero-order valence-electron chi connectivity index (χ0n) is 11.3. The molecule has 1 aromatic carbocycles. The van der Waals surface area contributed by atoms with Crippen molar-refractivity contribution in [2.45, 2.75) is 6.42 Å². The summed E-state index contributed by atoms with van der Waals surface area (Å²) in [6.45, 7) is 0. The van der Waals surface area contributed by atoms with Crippen molar-refractivity contribution in [2.24, 2.45) is 4.99 Å². The molecule has 3 nitrogen and oxygen atoms in total. The van der Waals surface area contributed by atoms with Crippen LogP contribution >= 0.6 is 0 Å². The van der Waals surface area contributed by atoms with Gasteiger partial charge in [-0.05, 0) is 24.2 Å². The van der Waals surface area contributed by atoms with Crippen LogP contribution in [-0.2, 0) is 18.2 Å². The van der Waals surface area contributed by atoms with Gasteiger partial charge in [-0.1, -0.05) is 29.8 Å². The maximum absolute atomic E-state index is 4.75. The monoisotopic (exact) mass is 292 g/mol. The summed E-state index contributed by atoms with van der Waals surface area (Å²) >= 11 is 1.15. The zero-order chi connectivity index (χ0) is 14.1. The number of hydrogen-bond acceptors (Lipinski definition) is 2. The molecule has 1 N–H and O–H groups in total. The first-order chi connectivity index (χ1) is 10.4. The molecule has 0 fully saturated rings. The molecule has 0 bridgehead atoms. The number of para-hydroxylation sites is 1. The fourth-order valence-corrected chi connectivity index (χ4v) is 3.41. The van der Waals surface area contributed by atoms with Crippen molar-refractivity contribution >= 4 is 28.4 Å². The minimum atomic E-state index is 0.862. The van der Waals surface area contributed by atoms with E-state index >= 15 is 0 Å². The number of aromatic amines is 1. The Labute approximate surface area is 127 Å². The molecule has 1 aliphatic heterocycles. The minimum Gasteiger partial charge on any atom is -0.361 e. The lowest BCUT2D eigenvalue weighted by atomic mass is 10.1. The summed E-state index contributed by atoms with van der Waals surface area (Å²) in [6.07, 6.45) is 6.60. The average molecular weight is 292 g/mol. The summed E-state index contributed by atoms with van der Waals surface area (Å²) in [4.78, 5) is 12.2. The van der Waals surface area contributed by atoms with E-state index in [1.54, 1.807) is 6.20 Å². The van der Waals surface area contributed by atoms with Crippen LogP contribution in [0.1, 0.15) is 11.1 Å². The van der Waals surface area contributed by atoms with Gasteiger partial charge in [0, 0.05) is 23.3 Å². The van der Waals surface area contributed by atoms with E-state index in [1.165, 1.54) is 16.5 Å². The van der Waals surface area contributed by atoms with E-state index in [4.69, 9.17) is 4.99 Å². The minimum absolute atomic E-state index is 0.862. The molecule has 4 rings (SSSR count). The Morgan fingerprint density at radius 3 is 3.05 bits per heavy atom. The first-order valence-corrected chi connectivity index (χ1v) is 7.80. The van der Waals surface area contributed by atoms with Gasteiger partial charge in [-0.25, -0.2) is 0 Å². The third-order valence-corrected chi connectivity index (χ3v) is 4.58. The topological polar surface area (TPSA) is 41.0 Å². The molecule has 0 atom stereocenters. The molecule has 3 heterocycles. The van der Waals surface area contributed by atoms with Crippen LogP contribution < -0.4 is 0 Å². The number of H-pyrrole nitrogens is 1. The largest absolute Gasteiger partial charge is 0.361 e. The van der Waals surface area contributed by atoms with Crippen LogP contribution in [0.5, 0.6) is 0 Å². The van der Waals surface area contributed by atoms with Gasteiger partial charge < -0.3 is 15.0 Å². The van der Waals surface area contributed by atoms with Crippen molar-refractivity contribution in [2.75, 3.05) is 0 Å². The number of pyridine rings is 1. The fourth-order valence-electron chi connectivity index (χ4n) is 2.52. The predicted octanol–water partition coefficient (Wildman–Crippen LogP) is 3.07. The van der Waals surface area contributed by atoms with Crippen LogP contribution in [0.4, 0.5) is 0 Å². The summed E-state index contributed by atoms with van der Waals surface area (Å²) in [5, 5.41) is 2.36. The molecule has 3 aromatic rings. The molecule has 0 saturated heterocycles. The first-order valence-electron chi connectivity index (χ1n) is 6.84. The molecule has 4 heteroatoms. The molecule has 0 aliphatic carbocycles. The summed E-state index contributed by atoms with van der Waals surface area (Å²) in [6, 6.07) is 12.4. The van der Waals surface area contributed by atoms with Crippen LogP contribution in [0.15, 0.2) is 60.0 Å². The lowest BCUT2D eigenvalue weighted by Gasteiger charge is -2.08. The van der Waals surface area contributed by atoms with Crippen LogP contribution in [-0.4, -0.2) is 15.7 Å². The van der Waals surface area contributed by atoms with Gasteiger partial charge in [0.1, 0.15) is 5.37 Å². The Bertz CT molecular complexity index is 792. The third-order valence-electron chi connectivity index (χ3n) is 3.55. The van der Waals surface area contributed by atoms with Gasteiger partial charge >= 0.3 is 0 Å². The molecule has 0 amide bonds. The summed E-state index contributed by atoms with van der Waals surface area (Å²) in [7, 11) is 0. The molecule has 0 spiro atoms. The number of hydrogen-bond donors (Lipinski definition) is 1. The van der Waals surface area contributed by atoms with Crippen molar-refractivity contribution in [3.8, 4) is 0 Å². The number of nitrogens with one attached hydrogen (secondary N) is 1. The van der Waals surface area contributed by atoms with Crippen LogP contribution in [0.25, 0.3) is 10.9 Å². The Morgan fingerprint density at radius 2 is 2.14 bits per heavy atom. The highest BCUT2D eigenvalue weighted by molar-refractivity contribution is 7.85. The molecule has 2 aromatic heterocycles. The van der Waals surface area contributed by atoms with Crippen LogP contribution in [0.2, 0.25) is 0 Å². The van der Waals surface area contributed by atoms with Crippen LogP contribution in [0.3, 0.4) is 0 Å². The second-order valence-electron chi connectivity index (χ2n) is 4.96. The highest BCUT2D eigenvalue weighted by Gasteiger charge is 2.14. The maximum atomic E-state index is 4.75. The van der Waals surface area contributed by atoms with Gasteiger partial charge in [0.25, 0.3) is 0 Å². The van der Waals surface area contributed by atoms with E-state index in [1.807, 2.05) is 12.3 Å². The number of aromatic nitrogens is 2. The number of aliphatic imine (C=N–C) groups is 1. The zero-order valence-corrected chi connectivity index (χ0v) is 12.2. The lowest BCUT2D eigenvalue weighted by Crippen LogP contribution is -1.98. The Balaban J connectivity index is 1.58. The average Bonchev–Trinajstić information content (AvgIpc) is 3.17. The summed E-state index contributed by atoms with van der Waals surface area (Å²) in [5.41, 5.74) is 4.70. The van der Waals surface area contributed by atoms with E-state index in [0.29, 0.717) is 0 Å². The van der Waals surface area contributed by atoms with E-state index in [2.05, 4.69) is 52.2 Å². The lowest BCUT2D eigenvalue weighted by molar-refractivity contribution is 1.21. The Hall–Kier alpha value is -2.33. The molecular weight excluding hydrogens is 278 g/mol. The highest BCUT2D eigenvalue weighted by Crippen LogP contribution is 2.27. The number of thiol groups is 1. The van der Waals surface area contributed by atoms with Gasteiger partial charge in [-0.3, -0.25) is 0 Å². The SMILES string of the molecule is c1cncc([C-]2N=C(Cc3c[nH]c4ccccc34)[CH-][SH+]2)c1. The van der Waals surface area contributed by atoms with Gasteiger partial charge in [0.15, 0.2) is 0 Å². The molecule has 0 saturated carbocycles. The second-order valence-corrected chi connectivity index (χ2v) is 5.90. The second kappa shape index (κ2) is 5.22. The predicted molar refractivity (Wildman–Crippen MR) is 89.1 cm³/mol. The van der Waals surface area contributed by atoms with E-state index in [0.717, 1.165) is 34.8 Å². The van der Waals surface area contributed by atoms with Gasteiger partial charge in [-0.2, -0.15) is 17.5 Å². The maximum Gasteiger partial charge on any atom is 0.134 e. The fraction of sp³-hybridized carbons (Fsp3) is 0.0588. The number of nitrogens with zero attached hydrogens (tertiary/aromatic N) is 2. The van der Waals surface area contributed by atoms with E-state index in [-0.39, 0.29) is 0 Å². The molecule has 0 unspecified atom stereocenters. The molecule has 0 radical (unpaired) electrons. The normalized spacial score (nSPS) is 14.3. The summed E-state index contributed by atoms with van der Waals surface area (Å²) in [5.74, 6) is 2.18. The summed E-state index contributed by atoms with van der Waals surface area (Å²) < 4.78 is 0. The first kappa shape index (κ1) is 12.4. The van der Waals surface area contributed by atoms with E-state index < -0.39 is 0 Å². The third kappa shape index (κ3) is 2.38. The van der Waals surface area contributed by atoms with Gasteiger partial charge in [-0.15, -0.1) is 11.8 Å². The van der Waals surface area contributed by atoms with Gasteiger partial charge in [0.2, 0.25) is 0 Å². The molecule has 104 valence electrons. The van der Waals surface area contributed by atoms with Crippen molar-refractivity contribution in [1.82, 2.24) is 9.97 Å². The van der Waals surface area contributed by atoms with Crippen molar-refractivity contribution in [3.05, 3.63) is 77.2 Å². The van der Waals surface area contributed by atoms with Crippen LogP contribution in [0, 0.1) is 11.1 Å². The number of rotatable bonds is 3. The number of fused-ring (bicyclic) bond motifs is 1. The van der Waals surface area contributed by atoms with Crippen molar-refractivity contribution in [3.63, 3.8) is 0 Å². The molecule has 1 aliphatic rings. The quantitative estimate of drug-likeness (QED) is 0.450. The Morgan fingerprint density at radius 1 is 1.19 bits per heavy atom. The highest BCUT2D eigenvalue weighted by atomic mass is 32.2. The molecule has 21 heavy (non-hydrogen) atoms. The Kier molecular flexibility index (Phi) is 3.09.